The standard InChI is InChI=1S/C19H16F3NO3S/c1-12-6-15(7-13(2)18(12)24)9-17(10-23)27(25,26)11-14-4-3-5-16(8-14)19(20,21)22/h3-9,24H,11H2,1-2H3/b17-9+. The minimum atomic E-state index is -4.59. The Labute approximate surface area is 155 Å². The van der Waals surface area contributed by atoms with Crippen molar-refractivity contribution in [2.24, 2.45) is 0 Å². The number of rotatable bonds is 4. The largest absolute Gasteiger partial charge is 0.507 e. The van der Waals surface area contributed by atoms with E-state index in [1.807, 2.05) is 0 Å². The third-order valence-corrected chi connectivity index (χ3v) is 5.46. The van der Waals surface area contributed by atoms with Gasteiger partial charge in [-0.05, 0) is 60.4 Å². The quantitative estimate of drug-likeness (QED) is 0.773. The first-order chi connectivity index (χ1) is 12.4. The van der Waals surface area contributed by atoms with Crippen molar-refractivity contribution in [3.05, 3.63) is 69.1 Å². The van der Waals surface area contributed by atoms with E-state index < -0.39 is 32.2 Å². The molecule has 142 valence electrons. The molecule has 1 N–H and O–H groups in total. The van der Waals surface area contributed by atoms with Gasteiger partial charge >= 0.3 is 6.18 Å². The van der Waals surface area contributed by atoms with Crippen LogP contribution >= 0.6 is 0 Å². The first kappa shape index (κ1) is 20.5. The van der Waals surface area contributed by atoms with Gasteiger partial charge in [-0.25, -0.2) is 8.42 Å². The molecule has 0 radical (unpaired) electrons. The molecule has 0 aliphatic heterocycles. The Morgan fingerprint density at radius 2 is 1.78 bits per heavy atom. The average Bonchev–Trinajstić information content (AvgIpc) is 2.56. The predicted octanol–water partition coefficient (Wildman–Crippen LogP) is 4.51. The molecule has 0 saturated heterocycles. The first-order valence-electron chi connectivity index (χ1n) is 7.75. The molecule has 0 aliphatic carbocycles. The molecule has 0 aliphatic rings. The Morgan fingerprint density at radius 3 is 2.30 bits per heavy atom. The molecule has 0 heterocycles. The molecule has 0 saturated carbocycles. The number of benzene rings is 2. The third-order valence-electron chi connectivity index (χ3n) is 3.87. The number of hydrogen-bond acceptors (Lipinski definition) is 4. The van der Waals surface area contributed by atoms with Crippen molar-refractivity contribution in [2.75, 3.05) is 0 Å². The van der Waals surface area contributed by atoms with Gasteiger partial charge in [-0.15, -0.1) is 0 Å². The number of hydrogen-bond donors (Lipinski definition) is 1. The van der Waals surface area contributed by atoms with E-state index in [9.17, 15) is 32.0 Å². The number of nitrogens with zero attached hydrogens (tertiary/aromatic N) is 1. The van der Waals surface area contributed by atoms with Gasteiger partial charge in [0.05, 0.1) is 11.3 Å². The lowest BCUT2D eigenvalue weighted by Crippen LogP contribution is -2.09. The second-order valence-electron chi connectivity index (χ2n) is 6.08. The SMILES string of the molecule is Cc1cc(/C=C(\C#N)S(=O)(=O)Cc2cccc(C(F)(F)F)c2)cc(C)c1O. The van der Waals surface area contributed by atoms with Crippen LogP contribution in [0.1, 0.15) is 27.8 Å². The summed E-state index contributed by atoms with van der Waals surface area (Å²) in [6.07, 6.45) is -3.45. The Bertz CT molecular complexity index is 1030. The maximum absolute atomic E-state index is 12.8. The van der Waals surface area contributed by atoms with E-state index in [2.05, 4.69) is 0 Å². The number of aryl methyl sites for hydroxylation is 2. The highest BCUT2D eigenvalue weighted by Crippen LogP contribution is 2.30. The van der Waals surface area contributed by atoms with Crippen LogP contribution in [0.5, 0.6) is 5.75 Å². The molecule has 0 atom stereocenters. The molecule has 2 aromatic carbocycles. The van der Waals surface area contributed by atoms with Crippen LogP contribution in [0.25, 0.3) is 6.08 Å². The highest BCUT2D eigenvalue weighted by atomic mass is 32.2. The van der Waals surface area contributed by atoms with E-state index in [1.54, 1.807) is 19.9 Å². The highest BCUT2D eigenvalue weighted by molar-refractivity contribution is 7.95. The molecule has 4 nitrogen and oxygen atoms in total. The maximum Gasteiger partial charge on any atom is 0.416 e. The van der Waals surface area contributed by atoms with Crippen LogP contribution in [0.2, 0.25) is 0 Å². The molecule has 0 bridgehead atoms. The summed E-state index contributed by atoms with van der Waals surface area (Å²) in [5, 5.41) is 19.0. The highest BCUT2D eigenvalue weighted by Gasteiger charge is 2.31. The van der Waals surface area contributed by atoms with Crippen molar-refractivity contribution in [1.29, 1.82) is 5.26 Å². The average molecular weight is 395 g/mol. The number of phenolic OH excluding ortho intramolecular Hbond substituents is 1. The zero-order chi connectivity index (χ0) is 20.4. The second kappa shape index (κ2) is 7.45. The van der Waals surface area contributed by atoms with Gasteiger partial charge in [0.1, 0.15) is 16.7 Å². The Hall–Kier alpha value is -2.79. The summed E-state index contributed by atoms with van der Waals surface area (Å²) in [6.45, 7) is 3.26. The monoisotopic (exact) mass is 395 g/mol. The molecular formula is C19H16F3NO3S. The van der Waals surface area contributed by atoms with Gasteiger partial charge in [0.2, 0.25) is 0 Å². The minimum Gasteiger partial charge on any atom is -0.507 e. The normalized spacial score (nSPS) is 12.7. The summed E-state index contributed by atoms with van der Waals surface area (Å²) in [5.41, 5.74) is 0.390. The lowest BCUT2D eigenvalue weighted by molar-refractivity contribution is -0.137. The van der Waals surface area contributed by atoms with Crippen LogP contribution in [0, 0.1) is 25.2 Å². The number of phenols is 1. The van der Waals surface area contributed by atoms with Crippen molar-refractivity contribution in [3.63, 3.8) is 0 Å². The van der Waals surface area contributed by atoms with Crippen molar-refractivity contribution in [1.82, 2.24) is 0 Å². The van der Waals surface area contributed by atoms with E-state index in [-0.39, 0.29) is 11.3 Å². The van der Waals surface area contributed by atoms with Crippen LogP contribution in [-0.4, -0.2) is 13.5 Å². The fourth-order valence-corrected chi connectivity index (χ4v) is 3.78. The molecule has 0 unspecified atom stereocenters. The van der Waals surface area contributed by atoms with Gasteiger partial charge in [-0.2, -0.15) is 18.4 Å². The smallest absolute Gasteiger partial charge is 0.416 e. The van der Waals surface area contributed by atoms with E-state index in [0.717, 1.165) is 24.3 Å². The van der Waals surface area contributed by atoms with Gasteiger partial charge in [-0.1, -0.05) is 18.2 Å². The van der Waals surface area contributed by atoms with E-state index >= 15 is 0 Å². The Kier molecular flexibility index (Phi) is 5.66. The van der Waals surface area contributed by atoms with E-state index in [1.165, 1.54) is 18.2 Å². The van der Waals surface area contributed by atoms with Crippen molar-refractivity contribution >= 4 is 15.9 Å². The van der Waals surface area contributed by atoms with Gasteiger partial charge in [-0.3, -0.25) is 0 Å². The number of alkyl halides is 3. The van der Waals surface area contributed by atoms with Crippen molar-refractivity contribution in [3.8, 4) is 11.8 Å². The van der Waals surface area contributed by atoms with Gasteiger partial charge in [0.15, 0.2) is 9.84 Å². The summed E-state index contributed by atoms with van der Waals surface area (Å²) in [6, 6.07) is 8.60. The molecule has 8 heteroatoms. The number of sulfone groups is 1. The molecule has 2 rings (SSSR count). The lowest BCUT2D eigenvalue weighted by atomic mass is 10.1. The van der Waals surface area contributed by atoms with E-state index in [4.69, 9.17) is 0 Å². The molecule has 0 aromatic heterocycles. The topological polar surface area (TPSA) is 78.2 Å². The van der Waals surface area contributed by atoms with Crippen LogP contribution in [-0.2, 0) is 21.8 Å². The molecule has 0 amide bonds. The predicted molar refractivity (Wildman–Crippen MR) is 95.2 cm³/mol. The van der Waals surface area contributed by atoms with Gasteiger partial charge in [0.25, 0.3) is 0 Å². The third kappa shape index (κ3) is 4.89. The maximum atomic E-state index is 12.8. The zero-order valence-corrected chi connectivity index (χ0v) is 15.3. The fraction of sp³-hybridized carbons (Fsp3) is 0.211. The zero-order valence-electron chi connectivity index (χ0n) is 14.5. The lowest BCUT2D eigenvalue weighted by Gasteiger charge is -2.09. The second-order valence-corrected chi connectivity index (χ2v) is 8.04. The van der Waals surface area contributed by atoms with Gasteiger partial charge < -0.3 is 5.11 Å². The molecule has 27 heavy (non-hydrogen) atoms. The van der Waals surface area contributed by atoms with E-state index in [0.29, 0.717) is 16.7 Å². The van der Waals surface area contributed by atoms with Gasteiger partial charge in [0, 0.05) is 0 Å². The molecule has 2 aromatic rings. The molecule has 0 fully saturated rings. The molecule has 0 spiro atoms. The summed E-state index contributed by atoms with van der Waals surface area (Å²) < 4.78 is 63.4. The molecular weight excluding hydrogens is 379 g/mol. The summed E-state index contributed by atoms with van der Waals surface area (Å²) in [7, 11) is -4.15. The number of halogens is 3. The number of nitriles is 1. The fourth-order valence-electron chi connectivity index (χ4n) is 2.55. The summed E-state index contributed by atoms with van der Waals surface area (Å²) in [4.78, 5) is -0.565. The first-order valence-corrected chi connectivity index (χ1v) is 9.40. The minimum absolute atomic E-state index is 0.0657. The van der Waals surface area contributed by atoms with Crippen molar-refractivity contribution in [2.45, 2.75) is 25.8 Å². The Morgan fingerprint density at radius 1 is 1.19 bits per heavy atom. The summed E-state index contributed by atoms with van der Waals surface area (Å²) >= 11 is 0. The number of aromatic hydroxyl groups is 1. The summed E-state index contributed by atoms with van der Waals surface area (Å²) in [5.74, 6) is -0.663. The number of allylic oxidation sites excluding steroid dienone is 1. The van der Waals surface area contributed by atoms with Crippen LogP contribution in [0.3, 0.4) is 0 Å². The van der Waals surface area contributed by atoms with Crippen LogP contribution in [0.4, 0.5) is 13.2 Å². The Balaban J connectivity index is 2.41. The van der Waals surface area contributed by atoms with Crippen LogP contribution in [0.15, 0.2) is 41.3 Å². The van der Waals surface area contributed by atoms with Crippen molar-refractivity contribution < 1.29 is 26.7 Å². The van der Waals surface area contributed by atoms with Crippen LogP contribution < -0.4 is 0 Å².